The van der Waals surface area contributed by atoms with E-state index in [0.29, 0.717) is 68.8 Å². The Morgan fingerprint density at radius 1 is 0.537 bits per heavy atom. The number of rotatable bonds is 3. The van der Waals surface area contributed by atoms with Gasteiger partial charge in [-0.2, -0.15) is 0 Å². The largest absolute Gasteiger partial charge is 0.372 e. The maximum absolute atomic E-state index is 13.0. The highest BCUT2D eigenvalue weighted by Crippen LogP contribution is 2.64. The topological polar surface area (TPSA) is 58.9 Å². The minimum Gasteiger partial charge on any atom is -0.372 e. The summed E-state index contributed by atoms with van der Waals surface area (Å²) in [6.45, 7) is 14.4. The molecule has 6 atom stereocenters. The van der Waals surface area contributed by atoms with Crippen molar-refractivity contribution in [3.63, 3.8) is 0 Å². The molecule has 1 N–H and O–H groups in total. The van der Waals surface area contributed by atoms with Crippen LogP contribution in [0.25, 0.3) is 0 Å². The summed E-state index contributed by atoms with van der Waals surface area (Å²) in [5.41, 5.74) is 9.23. The lowest BCUT2D eigenvalue weighted by Gasteiger charge is -2.57. The third-order valence-electron chi connectivity index (χ3n) is 14.0. The Balaban J connectivity index is 1.19. The molecule has 0 aromatic carbocycles. The van der Waals surface area contributed by atoms with Crippen molar-refractivity contribution >= 4 is 0 Å². The van der Waals surface area contributed by atoms with E-state index in [1.54, 1.807) is 0 Å². The lowest BCUT2D eigenvalue weighted by Crippen LogP contribution is -2.49. The van der Waals surface area contributed by atoms with Gasteiger partial charge in [0.2, 0.25) is 0 Å². The Labute approximate surface area is 244 Å². The molecule has 9 aliphatic carbocycles. The number of nitrogens with zero attached hydrogens (tertiary/aromatic N) is 3. The van der Waals surface area contributed by atoms with Crippen molar-refractivity contribution < 1.29 is 5.11 Å². The Bertz CT molecular complexity index is 1460. The van der Waals surface area contributed by atoms with Gasteiger partial charge >= 0.3 is 0 Å². The maximum atomic E-state index is 13.0. The first-order chi connectivity index (χ1) is 19.4. The molecule has 0 unspecified atom stereocenters. The highest BCUT2D eigenvalue weighted by Gasteiger charge is 2.56. The quantitative estimate of drug-likeness (QED) is 0.378. The second-order valence-corrected chi connectivity index (χ2v) is 16.4. The van der Waals surface area contributed by atoms with Crippen LogP contribution in [0.5, 0.6) is 0 Å². The summed E-state index contributed by atoms with van der Waals surface area (Å²) in [7, 11) is 0. The smallest absolute Gasteiger partial charge is 0.191 e. The van der Waals surface area contributed by atoms with Crippen LogP contribution in [0.15, 0.2) is 36.4 Å². The van der Waals surface area contributed by atoms with E-state index in [0.717, 1.165) is 19.3 Å². The van der Waals surface area contributed by atoms with Crippen molar-refractivity contribution in [1.82, 2.24) is 15.0 Å². The van der Waals surface area contributed by atoms with Gasteiger partial charge in [-0.25, -0.2) is 0 Å². The van der Waals surface area contributed by atoms with Crippen molar-refractivity contribution in [2.75, 3.05) is 0 Å². The molecule has 212 valence electrons. The first kappa shape index (κ1) is 25.0. The molecule has 0 spiro atoms. The van der Waals surface area contributed by atoms with E-state index in [4.69, 9.17) is 15.0 Å². The molecule has 4 nitrogen and oxygen atoms in total. The highest BCUT2D eigenvalue weighted by atomic mass is 16.3. The first-order valence-electron chi connectivity index (χ1n) is 16.1. The molecule has 3 aromatic heterocycles. The van der Waals surface area contributed by atoms with E-state index in [-0.39, 0.29) is 0 Å². The normalized spacial score (nSPS) is 33.7. The number of hydrogen-bond acceptors (Lipinski definition) is 4. The molecule has 3 aromatic rings. The molecule has 9 aliphatic rings. The summed E-state index contributed by atoms with van der Waals surface area (Å²) in [6, 6.07) is 13.0. The fraction of sp³-hybridized carbons (Fsp3) is 0.595. The number of aliphatic hydroxyl groups is 1. The van der Waals surface area contributed by atoms with E-state index in [9.17, 15) is 5.11 Å². The molecule has 6 bridgehead atoms. The SMILES string of the molecule is CC1(C)[C@H]2Cc3nc(C(O)(c4ccc5c(n4)C[C@H]4C[C@@H]5C4(C)C)c4ccc5c(n4)C[C@H]4C[C@@H]5C4(C)C)ccc3[C@@H]1C2. The second-order valence-electron chi connectivity index (χ2n) is 16.4. The van der Waals surface area contributed by atoms with Gasteiger partial charge in [0.15, 0.2) is 5.60 Å². The van der Waals surface area contributed by atoms with Crippen LogP contribution in [0.1, 0.15) is 129 Å². The molecule has 0 saturated heterocycles. The minimum atomic E-state index is -1.48. The molecule has 3 fully saturated rings. The van der Waals surface area contributed by atoms with Crippen molar-refractivity contribution in [1.29, 1.82) is 0 Å². The standard InChI is InChI=1S/C37H43N3O/c1-34(2)19-13-25(34)22-7-10-31(38-28(22)16-19)37(41,32-11-8-23-26-14-20(35(26,3)4)17-29(23)39-32)33-12-9-24-27-15-21(36(27,5)6)18-30(24)40-33/h7-12,19-21,25-27,41H,13-18H2,1-6H3/t19-,20-,21-,25+,26+,27+/m1/s1. The molecule has 3 heterocycles. The van der Waals surface area contributed by atoms with Crippen LogP contribution in [-0.4, -0.2) is 20.1 Å². The van der Waals surface area contributed by atoms with Gasteiger partial charge in [-0.3, -0.25) is 15.0 Å². The molecule has 0 radical (unpaired) electrons. The second kappa shape index (κ2) is 7.48. The van der Waals surface area contributed by atoms with Gasteiger partial charge in [-0.15, -0.1) is 0 Å². The zero-order valence-electron chi connectivity index (χ0n) is 25.5. The van der Waals surface area contributed by atoms with Gasteiger partial charge in [-0.1, -0.05) is 59.7 Å². The van der Waals surface area contributed by atoms with Crippen molar-refractivity contribution in [3.8, 4) is 0 Å². The van der Waals surface area contributed by atoms with E-state index < -0.39 is 5.60 Å². The van der Waals surface area contributed by atoms with Gasteiger partial charge in [0, 0.05) is 17.1 Å². The molecular weight excluding hydrogens is 502 g/mol. The number of hydrogen-bond donors (Lipinski definition) is 1. The van der Waals surface area contributed by atoms with Gasteiger partial charge in [0.05, 0.1) is 17.1 Å². The average Bonchev–Trinajstić information content (AvgIpc) is 2.98. The lowest BCUT2D eigenvalue weighted by atomic mass is 9.48. The minimum absolute atomic E-state index is 0.343. The Hall–Kier alpha value is -2.59. The molecule has 0 aliphatic heterocycles. The summed E-state index contributed by atoms with van der Waals surface area (Å²) < 4.78 is 0. The van der Waals surface area contributed by atoms with Crippen molar-refractivity contribution in [3.05, 3.63) is 87.3 Å². The summed E-state index contributed by atoms with van der Waals surface area (Å²) in [6.07, 6.45) is 6.78. The van der Waals surface area contributed by atoms with Crippen molar-refractivity contribution in [2.45, 2.75) is 103 Å². The van der Waals surface area contributed by atoms with Crippen LogP contribution in [0, 0.1) is 34.0 Å². The van der Waals surface area contributed by atoms with Gasteiger partial charge < -0.3 is 5.11 Å². The maximum Gasteiger partial charge on any atom is 0.191 e. The molecule has 12 rings (SSSR count). The molecule has 4 heteroatoms. The van der Waals surface area contributed by atoms with Crippen molar-refractivity contribution in [2.24, 2.45) is 34.0 Å². The predicted molar refractivity (Wildman–Crippen MR) is 160 cm³/mol. The van der Waals surface area contributed by atoms with Gasteiger partial charge in [-0.05, 0) is 125 Å². The van der Waals surface area contributed by atoms with Gasteiger partial charge in [0.1, 0.15) is 0 Å². The zero-order valence-corrected chi connectivity index (χ0v) is 25.5. The molecular formula is C37H43N3O. The van der Waals surface area contributed by atoms with Gasteiger partial charge in [0.25, 0.3) is 0 Å². The third-order valence-corrected chi connectivity index (χ3v) is 14.0. The third kappa shape index (κ3) is 2.94. The van der Waals surface area contributed by atoms with Crippen LogP contribution in [0.3, 0.4) is 0 Å². The number of pyridine rings is 3. The van der Waals surface area contributed by atoms with E-state index >= 15 is 0 Å². The average molecular weight is 546 g/mol. The highest BCUT2D eigenvalue weighted by molar-refractivity contribution is 5.48. The van der Waals surface area contributed by atoms with E-state index in [1.165, 1.54) is 53.0 Å². The summed E-state index contributed by atoms with van der Waals surface area (Å²) in [5.74, 6) is 3.72. The molecule has 0 amide bonds. The Morgan fingerprint density at radius 2 is 0.829 bits per heavy atom. The monoisotopic (exact) mass is 545 g/mol. The molecule has 3 saturated carbocycles. The number of aromatic nitrogens is 3. The zero-order chi connectivity index (χ0) is 28.3. The fourth-order valence-electron chi connectivity index (χ4n) is 10.3. The fourth-order valence-corrected chi connectivity index (χ4v) is 10.3. The van der Waals surface area contributed by atoms with Crippen LogP contribution >= 0.6 is 0 Å². The van der Waals surface area contributed by atoms with E-state index in [1.807, 2.05) is 0 Å². The predicted octanol–water partition coefficient (Wildman–Crippen LogP) is 7.21. The van der Waals surface area contributed by atoms with Crippen LogP contribution in [-0.2, 0) is 24.9 Å². The first-order valence-corrected chi connectivity index (χ1v) is 16.1. The summed E-state index contributed by atoms with van der Waals surface area (Å²) >= 11 is 0. The Morgan fingerprint density at radius 3 is 1.10 bits per heavy atom. The lowest BCUT2D eigenvalue weighted by molar-refractivity contribution is 0.0150. The van der Waals surface area contributed by atoms with Crippen LogP contribution in [0.4, 0.5) is 0 Å². The van der Waals surface area contributed by atoms with Crippen LogP contribution in [0.2, 0.25) is 0 Å². The summed E-state index contributed by atoms with van der Waals surface area (Å²) in [4.78, 5) is 15.8. The van der Waals surface area contributed by atoms with E-state index in [2.05, 4.69) is 77.9 Å². The Kier molecular flexibility index (Phi) is 4.55. The molecule has 41 heavy (non-hydrogen) atoms. The van der Waals surface area contributed by atoms with Crippen LogP contribution < -0.4 is 0 Å². The summed E-state index contributed by atoms with van der Waals surface area (Å²) in [5, 5.41) is 13.0.